The van der Waals surface area contributed by atoms with Crippen molar-refractivity contribution in [2.24, 2.45) is 0 Å². The molecule has 22 heavy (non-hydrogen) atoms. The predicted molar refractivity (Wildman–Crippen MR) is 84.1 cm³/mol. The monoisotopic (exact) mass is 290 g/mol. The molecule has 1 unspecified atom stereocenters. The summed E-state index contributed by atoms with van der Waals surface area (Å²) in [4.78, 5) is 12.0. The van der Waals surface area contributed by atoms with Gasteiger partial charge in [0.05, 0.1) is 6.42 Å². The van der Waals surface area contributed by atoms with Crippen LogP contribution in [-0.4, -0.2) is 11.1 Å². The van der Waals surface area contributed by atoms with Crippen molar-refractivity contribution in [3.05, 3.63) is 71.8 Å². The summed E-state index contributed by atoms with van der Waals surface area (Å²) in [5, 5.41) is 11.9. The fraction of sp³-hybridized carbons (Fsp3) is 0.105. The molecule has 0 aromatic heterocycles. The summed E-state index contributed by atoms with van der Waals surface area (Å²) in [5.41, 5.74) is 2.05. The zero-order valence-electron chi connectivity index (χ0n) is 11.8. The van der Waals surface area contributed by atoms with E-state index in [2.05, 4.69) is 0 Å². The lowest BCUT2D eigenvalue weighted by atomic mass is 9.83. The second-order valence-electron chi connectivity index (χ2n) is 5.49. The maximum atomic E-state index is 12.0. The van der Waals surface area contributed by atoms with Gasteiger partial charge < -0.3 is 9.84 Å². The van der Waals surface area contributed by atoms with Gasteiger partial charge in [-0.25, -0.2) is 0 Å². The maximum Gasteiger partial charge on any atom is 0.312 e. The Bertz CT molecular complexity index is 868. The highest BCUT2D eigenvalue weighted by Crippen LogP contribution is 2.45. The number of hydrogen-bond acceptors (Lipinski definition) is 3. The van der Waals surface area contributed by atoms with Gasteiger partial charge in [0.25, 0.3) is 0 Å². The Morgan fingerprint density at radius 1 is 0.955 bits per heavy atom. The van der Waals surface area contributed by atoms with Crippen molar-refractivity contribution in [2.45, 2.75) is 12.3 Å². The lowest BCUT2D eigenvalue weighted by Gasteiger charge is -2.26. The van der Waals surface area contributed by atoms with E-state index < -0.39 is 0 Å². The minimum Gasteiger partial charge on any atom is -0.507 e. The molecule has 0 spiro atoms. The molecule has 1 aliphatic rings. The topological polar surface area (TPSA) is 46.5 Å². The number of ether oxygens (including phenoxy) is 1. The van der Waals surface area contributed by atoms with Crippen LogP contribution < -0.4 is 4.74 Å². The largest absolute Gasteiger partial charge is 0.507 e. The van der Waals surface area contributed by atoms with Crippen molar-refractivity contribution in [3.8, 4) is 11.5 Å². The molecule has 3 heteroatoms. The van der Waals surface area contributed by atoms with Crippen LogP contribution in [0.4, 0.5) is 0 Å². The van der Waals surface area contributed by atoms with Gasteiger partial charge in [-0.3, -0.25) is 4.79 Å². The van der Waals surface area contributed by atoms with Gasteiger partial charge in [-0.2, -0.15) is 0 Å². The van der Waals surface area contributed by atoms with Crippen molar-refractivity contribution < 1.29 is 14.6 Å². The Kier molecular flexibility index (Phi) is 2.86. The number of fused-ring (bicyclic) bond motifs is 3. The first-order chi connectivity index (χ1) is 10.7. The van der Waals surface area contributed by atoms with Crippen LogP contribution in [0.15, 0.2) is 60.7 Å². The molecule has 1 atom stereocenters. The summed E-state index contributed by atoms with van der Waals surface area (Å²) >= 11 is 0. The smallest absolute Gasteiger partial charge is 0.312 e. The first kappa shape index (κ1) is 12.9. The van der Waals surface area contributed by atoms with E-state index in [1.807, 2.05) is 54.6 Å². The van der Waals surface area contributed by atoms with Crippen LogP contribution in [0.25, 0.3) is 10.8 Å². The van der Waals surface area contributed by atoms with Crippen molar-refractivity contribution >= 4 is 16.7 Å². The van der Waals surface area contributed by atoms with Crippen LogP contribution in [0, 0.1) is 0 Å². The quantitative estimate of drug-likeness (QED) is 0.544. The van der Waals surface area contributed by atoms with Gasteiger partial charge in [0, 0.05) is 22.9 Å². The first-order valence-corrected chi connectivity index (χ1v) is 7.24. The van der Waals surface area contributed by atoms with E-state index in [-0.39, 0.29) is 17.6 Å². The summed E-state index contributed by atoms with van der Waals surface area (Å²) in [6.45, 7) is 0. The zero-order valence-corrected chi connectivity index (χ0v) is 11.8. The second-order valence-corrected chi connectivity index (χ2v) is 5.49. The molecular formula is C19H14O3. The molecule has 0 aliphatic carbocycles. The molecule has 108 valence electrons. The maximum absolute atomic E-state index is 12.0. The Labute approximate surface area is 127 Å². The normalized spacial score (nSPS) is 17.1. The summed E-state index contributed by atoms with van der Waals surface area (Å²) in [6, 6.07) is 19.2. The highest BCUT2D eigenvalue weighted by Gasteiger charge is 2.30. The minimum atomic E-state index is -0.268. The Balaban J connectivity index is 2.03. The molecule has 0 fully saturated rings. The summed E-state index contributed by atoms with van der Waals surface area (Å²) < 4.78 is 5.37. The van der Waals surface area contributed by atoms with Gasteiger partial charge in [0.15, 0.2) is 0 Å². The molecule has 0 saturated heterocycles. The van der Waals surface area contributed by atoms with Crippen molar-refractivity contribution in [3.63, 3.8) is 0 Å². The summed E-state index contributed by atoms with van der Waals surface area (Å²) in [5.74, 6) is 0.274. The van der Waals surface area contributed by atoms with E-state index in [1.54, 1.807) is 6.07 Å². The molecule has 4 rings (SSSR count). The van der Waals surface area contributed by atoms with E-state index >= 15 is 0 Å². The van der Waals surface area contributed by atoms with E-state index in [1.165, 1.54) is 0 Å². The van der Waals surface area contributed by atoms with Crippen molar-refractivity contribution in [1.29, 1.82) is 0 Å². The molecule has 1 N–H and O–H groups in total. The lowest BCUT2D eigenvalue weighted by molar-refractivity contribution is -0.135. The molecule has 3 nitrogen and oxygen atoms in total. The molecule has 0 radical (unpaired) electrons. The van der Waals surface area contributed by atoms with E-state index in [4.69, 9.17) is 4.74 Å². The first-order valence-electron chi connectivity index (χ1n) is 7.24. The number of carbonyl (C=O) groups is 1. The molecule has 1 heterocycles. The lowest BCUT2D eigenvalue weighted by Crippen LogP contribution is -2.21. The van der Waals surface area contributed by atoms with Gasteiger partial charge in [-0.1, -0.05) is 54.6 Å². The zero-order chi connectivity index (χ0) is 15.1. The Morgan fingerprint density at radius 3 is 2.41 bits per heavy atom. The molecule has 3 aromatic carbocycles. The van der Waals surface area contributed by atoms with Crippen LogP contribution >= 0.6 is 0 Å². The third-order valence-corrected chi connectivity index (χ3v) is 4.17. The predicted octanol–water partition coefficient (Wildman–Crippen LogP) is 3.99. The van der Waals surface area contributed by atoms with Crippen molar-refractivity contribution in [2.75, 3.05) is 0 Å². The van der Waals surface area contributed by atoms with Crippen LogP contribution in [0.2, 0.25) is 0 Å². The van der Waals surface area contributed by atoms with E-state index in [0.29, 0.717) is 12.2 Å². The third-order valence-electron chi connectivity index (χ3n) is 4.17. The van der Waals surface area contributed by atoms with Crippen LogP contribution in [-0.2, 0) is 4.79 Å². The van der Waals surface area contributed by atoms with Gasteiger partial charge in [-0.05, 0) is 10.9 Å². The molecular weight excluding hydrogens is 276 g/mol. The fourth-order valence-electron chi connectivity index (χ4n) is 3.20. The van der Waals surface area contributed by atoms with Crippen LogP contribution in [0.1, 0.15) is 23.5 Å². The number of aromatic hydroxyl groups is 1. The van der Waals surface area contributed by atoms with Crippen molar-refractivity contribution in [1.82, 2.24) is 0 Å². The van der Waals surface area contributed by atoms with Crippen LogP contribution in [0.5, 0.6) is 11.5 Å². The van der Waals surface area contributed by atoms with Gasteiger partial charge >= 0.3 is 5.97 Å². The van der Waals surface area contributed by atoms with Crippen LogP contribution in [0.3, 0.4) is 0 Å². The van der Waals surface area contributed by atoms with Gasteiger partial charge in [0.2, 0.25) is 0 Å². The highest BCUT2D eigenvalue weighted by atomic mass is 16.5. The molecule has 1 aliphatic heterocycles. The summed E-state index contributed by atoms with van der Waals surface area (Å²) in [7, 11) is 0. The standard InChI is InChI=1S/C19H14O3/c20-16-11-17-19(14-9-5-4-8-13(14)16)15(10-18(21)22-17)12-6-2-1-3-7-12/h1-9,11,15,20H,10H2. The number of carbonyl (C=O) groups excluding carboxylic acids is 1. The third kappa shape index (κ3) is 1.94. The van der Waals surface area contributed by atoms with Gasteiger partial charge in [0.1, 0.15) is 11.5 Å². The number of hydrogen-bond donors (Lipinski definition) is 1. The van der Waals surface area contributed by atoms with E-state index in [0.717, 1.165) is 21.9 Å². The highest BCUT2D eigenvalue weighted by molar-refractivity contribution is 5.96. The summed E-state index contributed by atoms with van der Waals surface area (Å²) in [6.07, 6.45) is 0.311. The van der Waals surface area contributed by atoms with Gasteiger partial charge in [-0.15, -0.1) is 0 Å². The second kappa shape index (κ2) is 4.88. The molecule has 0 bridgehead atoms. The fourth-order valence-corrected chi connectivity index (χ4v) is 3.20. The number of rotatable bonds is 1. The Hall–Kier alpha value is -2.81. The number of phenols is 1. The number of esters is 1. The van der Waals surface area contributed by atoms with E-state index in [9.17, 15) is 9.90 Å². The molecule has 0 amide bonds. The SMILES string of the molecule is O=C1CC(c2ccccc2)c2c(cc(O)c3ccccc23)O1. The Morgan fingerprint density at radius 2 is 1.64 bits per heavy atom. The number of benzene rings is 3. The molecule has 3 aromatic rings. The molecule has 0 saturated carbocycles. The number of phenolic OH excluding ortho intramolecular Hbond substituents is 1. The minimum absolute atomic E-state index is 0.0528. The average molecular weight is 290 g/mol. The average Bonchev–Trinajstić information content (AvgIpc) is 2.55.